The number of hydrogen-bond donors (Lipinski definition) is 5. The smallest absolute Gasteiger partial charge is 0.387 e. The van der Waals surface area contributed by atoms with E-state index in [2.05, 4.69) is 19.5 Å². The Morgan fingerprint density at radius 2 is 2.15 bits per heavy atom. The summed E-state index contributed by atoms with van der Waals surface area (Å²) in [5.41, 5.74) is 1.76. The molecule has 144 valence electrons. The molecule has 3 heterocycles. The zero-order valence-electron chi connectivity index (χ0n) is 13.4. The first-order valence-electron chi connectivity index (χ1n) is 7.29. The van der Waals surface area contributed by atoms with E-state index in [1.54, 1.807) is 0 Å². The predicted octanol–water partition coefficient (Wildman–Crippen LogP) is -1.13. The Hall–Kier alpha value is -1.73. The summed E-state index contributed by atoms with van der Waals surface area (Å²) in [6, 6.07) is 0. The van der Waals surface area contributed by atoms with E-state index in [1.807, 2.05) is 0 Å². The second-order valence-electron chi connectivity index (χ2n) is 6.14. The molecule has 1 aliphatic heterocycles. The molecule has 1 saturated heterocycles. The van der Waals surface area contributed by atoms with E-state index < -0.39 is 44.6 Å². The highest BCUT2D eigenvalue weighted by molar-refractivity contribution is 7.46. The number of aliphatic hydroxyl groups excluding tert-OH is 1. The third kappa shape index (κ3) is 2.97. The van der Waals surface area contributed by atoms with Crippen LogP contribution in [0.15, 0.2) is 12.7 Å². The summed E-state index contributed by atoms with van der Waals surface area (Å²) in [5.74, 6) is 0.0634. The summed E-state index contributed by atoms with van der Waals surface area (Å²) in [4.78, 5) is 29.5. The van der Waals surface area contributed by atoms with Gasteiger partial charge in [-0.15, -0.1) is 0 Å². The molecule has 0 amide bonds. The first kappa shape index (κ1) is 19.0. The van der Waals surface area contributed by atoms with Gasteiger partial charge in [0.2, 0.25) is 0 Å². The molecule has 2 aromatic heterocycles. The molecule has 0 unspecified atom stereocenters. The van der Waals surface area contributed by atoms with E-state index in [4.69, 9.17) is 20.3 Å². The largest absolute Gasteiger partial charge is 0.469 e. The van der Waals surface area contributed by atoms with E-state index in [1.165, 1.54) is 17.8 Å². The van der Waals surface area contributed by atoms with Gasteiger partial charge in [0.25, 0.3) is 0 Å². The molecule has 3 rings (SSSR count). The number of fused-ring (bicyclic) bond motifs is 1. The minimum absolute atomic E-state index is 0.0634. The number of phosphoric acid groups is 1. The summed E-state index contributed by atoms with van der Waals surface area (Å²) in [6.07, 6.45) is -0.921. The number of anilines is 1. The topological polar surface area (TPSA) is 186 Å². The molecular weight excluding hydrogens is 376 g/mol. The van der Waals surface area contributed by atoms with Crippen LogP contribution in [-0.2, 0) is 13.8 Å². The molecule has 0 saturated carbocycles. The predicted molar refractivity (Wildman–Crippen MR) is 83.2 cm³/mol. The first-order chi connectivity index (χ1) is 12.0. The number of phosphoric ester groups is 1. The van der Waals surface area contributed by atoms with Crippen molar-refractivity contribution in [2.45, 2.75) is 30.5 Å². The number of imidazole rings is 1. The van der Waals surface area contributed by atoms with Gasteiger partial charge in [-0.25, -0.2) is 23.9 Å². The number of nitrogen functional groups attached to an aromatic ring is 1. The number of halogens is 1. The molecule has 1 fully saturated rings. The number of alkyl halides is 1. The molecule has 0 aliphatic carbocycles. The van der Waals surface area contributed by atoms with Crippen molar-refractivity contribution >= 4 is 24.8 Å². The van der Waals surface area contributed by atoms with Crippen LogP contribution < -0.4 is 5.73 Å². The van der Waals surface area contributed by atoms with Crippen LogP contribution in [0.5, 0.6) is 0 Å². The number of ether oxygens (including phenoxy) is 1. The monoisotopic (exact) mass is 393 g/mol. The highest BCUT2D eigenvalue weighted by Crippen LogP contribution is 2.48. The number of aliphatic hydroxyl groups is 2. The third-order valence-electron chi connectivity index (χ3n) is 4.24. The van der Waals surface area contributed by atoms with Crippen LogP contribution in [0.3, 0.4) is 0 Å². The summed E-state index contributed by atoms with van der Waals surface area (Å²) in [7, 11) is -4.96. The standard InChI is InChI=1S/C12H17FN5O7P/c1-11(20)9(19)12(2-13,3-24-26(21,22)23)25-10(11)18-5-17-6-7(14)15-4-16-8(6)18/h4-5,9-10,19-20H,2-3H2,1H3,(H2,14,15,16)(H2,21,22,23)/t9-,10+,11+,12+/m0/s1. The number of nitrogens with zero attached hydrogens (tertiary/aromatic N) is 4. The van der Waals surface area contributed by atoms with Crippen LogP contribution in [0.2, 0.25) is 0 Å². The molecule has 0 bridgehead atoms. The summed E-state index contributed by atoms with van der Waals surface area (Å²) >= 11 is 0. The summed E-state index contributed by atoms with van der Waals surface area (Å²) in [5, 5.41) is 21.1. The fourth-order valence-corrected chi connectivity index (χ4v) is 3.29. The zero-order chi connectivity index (χ0) is 19.3. The quantitative estimate of drug-likeness (QED) is 0.387. The minimum atomic E-state index is -4.96. The second-order valence-corrected chi connectivity index (χ2v) is 7.38. The molecular formula is C12H17FN5O7P. The maximum Gasteiger partial charge on any atom is 0.469 e. The SMILES string of the molecule is C[C@@]1(O)[C@H](O)[C@@](CF)(COP(=O)(O)O)O[C@H]1n1cnc2c(N)ncnc21. The van der Waals surface area contributed by atoms with Crippen LogP contribution >= 0.6 is 7.82 Å². The number of aromatic nitrogens is 4. The Morgan fingerprint density at radius 3 is 2.77 bits per heavy atom. The minimum Gasteiger partial charge on any atom is -0.387 e. The average Bonchev–Trinajstić information content (AvgIpc) is 3.06. The molecule has 26 heavy (non-hydrogen) atoms. The molecule has 1 aliphatic rings. The van der Waals surface area contributed by atoms with Crippen molar-refractivity contribution in [2.75, 3.05) is 19.0 Å². The lowest BCUT2D eigenvalue weighted by molar-refractivity contribution is -0.136. The van der Waals surface area contributed by atoms with Crippen LogP contribution in [0.25, 0.3) is 11.2 Å². The lowest BCUT2D eigenvalue weighted by atomic mass is 9.88. The summed E-state index contributed by atoms with van der Waals surface area (Å²) < 4.78 is 35.7. The van der Waals surface area contributed by atoms with Gasteiger partial charge in [0.1, 0.15) is 30.2 Å². The fraction of sp³-hybridized carbons (Fsp3) is 0.583. The van der Waals surface area contributed by atoms with Crippen molar-refractivity contribution in [3.05, 3.63) is 12.7 Å². The van der Waals surface area contributed by atoms with Gasteiger partial charge < -0.3 is 30.5 Å². The van der Waals surface area contributed by atoms with Crippen LogP contribution in [0.4, 0.5) is 10.2 Å². The molecule has 0 aromatic carbocycles. The van der Waals surface area contributed by atoms with Gasteiger partial charge in [-0.1, -0.05) is 0 Å². The van der Waals surface area contributed by atoms with E-state index in [-0.39, 0.29) is 17.0 Å². The Balaban J connectivity index is 2.02. The van der Waals surface area contributed by atoms with Gasteiger partial charge in [-0.2, -0.15) is 0 Å². The van der Waals surface area contributed by atoms with Gasteiger partial charge in [0.05, 0.1) is 12.9 Å². The number of nitrogens with two attached hydrogens (primary N) is 1. The van der Waals surface area contributed by atoms with Crippen molar-refractivity contribution in [1.29, 1.82) is 0 Å². The van der Waals surface area contributed by atoms with Crippen molar-refractivity contribution in [3.8, 4) is 0 Å². The van der Waals surface area contributed by atoms with Crippen molar-refractivity contribution in [3.63, 3.8) is 0 Å². The highest BCUT2D eigenvalue weighted by atomic mass is 31.2. The first-order valence-corrected chi connectivity index (χ1v) is 8.82. The van der Waals surface area contributed by atoms with Crippen LogP contribution in [0.1, 0.15) is 13.2 Å². The molecule has 0 radical (unpaired) electrons. The lowest BCUT2D eigenvalue weighted by Crippen LogP contribution is -2.53. The van der Waals surface area contributed by atoms with E-state index in [0.717, 1.165) is 6.33 Å². The lowest BCUT2D eigenvalue weighted by Gasteiger charge is -2.30. The summed E-state index contributed by atoms with van der Waals surface area (Å²) in [6.45, 7) is -1.20. The molecule has 2 aromatic rings. The molecule has 6 N–H and O–H groups in total. The zero-order valence-corrected chi connectivity index (χ0v) is 14.3. The average molecular weight is 393 g/mol. The van der Waals surface area contributed by atoms with Crippen LogP contribution in [0, 0.1) is 0 Å². The Bertz CT molecular complexity index is 873. The third-order valence-corrected chi connectivity index (χ3v) is 4.71. The Morgan fingerprint density at radius 1 is 1.46 bits per heavy atom. The van der Waals surface area contributed by atoms with Gasteiger partial charge in [0, 0.05) is 0 Å². The van der Waals surface area contributed by atoms with Gasteiger partial charge in [-0.3, -0.25) is 9.09 Å². The van der Waals surface area contributed by atoms with Gasteiger partial charge >= 0.3 is 7.82 Å². The Kier molecular flexibility index (Phi) is 4.51. The van der Waals surface area contributed by atoms with E-state index in [0.29, 0.717) is 0 Å². The van der Waals surface area contributed by atoms with Gasteiger partial charge in [-0.05, 0) is 6.92 Å². The molecule has 0 spiro atoms. The molecule has 12 nitrogen and oxygen atoms in total. The van der Waals surface area contributed by atoms with E-state index >= 15 is 0 Å². The normalized spacial score (nSPS) is 32.4. The highest BCUT2D eigenvalue weighted by Gasteiger charge is 2.62. The maximum absolute atomic E-state index is 13.7. The second kappa shape index (κ2) is 6.16. The Labute approximate surface area is 145 Å². The van der Waals surface area contributed by atoms with Gasteiger partial charge in [0.15, 0.2) is 23.3 Å². The van der Waals surface area contributed by atoms with Crippen molar-refractivity contribution in [2.24, 2.45) is 0 Å². The number of hydrogen-bond acceptors (Lipinski definition) is 9. The maximum atomic E-state index is 13.7. The number of rotatable bonds is 5. The molecule has 4 atom stereocenters. The van der Waals surface area contributed by atoms with Crippen LogP contribution in [-0.4, -0.2) is 70.1 Å². The molecule has 14 heteroatoms. The fourth-order valence-electron chi connectivity index (χ4n) is 2.90. The van der Waals surface area contributed by atoms with Crippen molar-refractivity contribution in [1.82, 2.24) is 19.5 Å². The van der Waals surface area contributed by atoms with E-state index in [9.17, 15) is 19.2 Å². The van der Waals surface area contributed by atoms with Crippen molar-refractivity contribution < 1.29 is 38.2 Å².